The van der Waals surface area contributed by atoms with Gasteiger partial charge in [0.2, 0.25) is 0 Å². The maximum absolute atomic E-state index is 12.3. The molecule has 0 saturated heterocycles. The highest BCUT2D eigenvalue weighted by molar-refractivity contribution is 7.80. The first-order chi connectivity index (χ1) is 14.6. The van der Waals surface area contributed by atoms with Crippen LogP contribution >= 0.6 is 12.2 Å². The van der Waals surface area contributed by atoms with Crippen LogP contribution in [0, 0.1) is 0 Å². The summed E-state index contributed by atoms with van der Waals surface area (Å²) in [4.78, 5) is 24.4. The van der Waals surface area contributed by atoms with Gasteiger partial charge in [0.05, 0.1) is 0 Å². The van der Waals surface area contributed by atoms with Gasteiger partial charge < -0.3 is 5.32 Å². The summed E-state index contributed by atoms with van der Waals surface area (Å²) in [6.07, 6.45) is 7.00. The molecule has 0 saturated carbocycles. The average Bonchev–Trinajstić information content (AvgIpc) is 2.78. The molecule has 2 N–H and O–H groups in total. The molecule has 1 amide bonds. The van der Waals surface area contributed by atoms with Gasteiger partial charge in [-0.05, 0) is 60.3 Å². The number of allylic oxidation sites excluding steroid dienone is 3. The van der Waals surface area contributed by atoms with Crippen LogP contribution in [0.3, 0.4) is 0 Å². The summed E-state index contributed by atoms with van der Waals surface area (Å²) in [6.45, 7) is 0. The minimum atomic E-state index is -0.284. The Kier molecular flexibility index (Phi) is 7.41. The summed E-state index contributed by atoms with van der Waals surface area (Å²) < 4.78 is 0. The molecule has 0 aliphatic rings. The fourth-order valence-corrected chi connectivity index (χ4v) is 2.83. The highest BCUT2D eigenvalue weighted by Gasteiger charge is 2.07. The number of hydrogen-bond donors (Lipinski definition) is 2. The zero-order chi connectivity index (χ0) is 21.2. The first-order valence-corrected chi connectivity index (χ1v) is 9.74. The Morgan fingerprint density at radius 2 is 1.37 bits per heavy atom. The molecule has 0 spiro atoms. The molecule has 3 rings (SSSR count). The van der Waals surface area contributed by atoms with E-state index in [1.807, 2.05) is 48.6 Å². The molecule has 0 radical (unpaired) electrons. The number of anilines is 1. The number of hydrogen-bond acceptors (Lipinski definition) is 3. The number of rotatable bonds is 6. The SMILES string of the molecule is O=C(C=CC=Cc1ccccc1)c1ccc(NC(=S)NC(=O)c2ccccc2)cc1. The van der Waals surface area contributed by atoms with Crippen molar-refractivity contribution in [3.63, 3.8) is 0 Å². The Hall–Kier alpha value is -3.83. The summed E-state index contributed by atoms with van der Waals surface area (Å²) >= 11 is 5.18. The monoisotopic (exact) mass is 412 g/mol. The second-order valence-corrected chi connectivity index (χ2v) is 6.75. The number of carbonyl (C=O) groups excluding carboxylic acids is 2. The fraction of sp³-hybridized carbons (Fsp3) is 0. The van der Waals surface area contributed by atoms with Crippen molar-refractivity contribution in [1.29, 1.82) is 0 Å². The van der Waals surface area contributed by atoms with Crippen LogP contribution in [-0.4, -0.2) is 16.8 Å². The highest BCUT2D eigenvalue weighted by atomic mass is 32.1. The largest absolute Gasteiger partial charge is 0.332 e. The van der Waals surface area contributed by atoms with E-state index in [2.05, 4.69) is 10.6 Å². The Balaban J connectivity index is 1.52. The predicted molar refractivity (Wildman–Crippen MR) is 126 cm³/mol. The molecule has 148 valence electrons. The molecule has 0 heterocycles. The van der Waals surface area contributed by atoms with Gasteiger partial charge in [0.15, 0.2) is 10.9 Å². The molecule has 0 aliphatic heterocycles. The van der Waals surface area contributed by atoms with Crippen LogP contribution in [0.1, 0.15) is 26.3 Å². The van der Waals surface area contributed by atoms with E-state index in [0.29, 0.717) is 16.8 Å². The van der Waals surface area contributed by atoms with Gasteiger partial charge in [-0.3, -0.25) is 14.9 Å². The maximum Gasteiger partial charge on any atom is 0.257 e. The Bertz CT molecular complexity index is 1070. The molecule has 0 atom stereocenters. The lowest BCUT2D eigenvalue weighted by atomic mass is 10.1. The van der Waals surface area contributed by atoms with E-state index < -0.39 is 0 Å². The van der Waals surface area contributed by atoms with E-state index in [4.69, 9.17) is 12.2 Å². The highest BCUT2D eigenvalue weighted by Crippen LogP contribution is 2.11. The molecular weight excluding hydrogens is 392 g/mol. The number of amides is 1. The third kappa shape index (κ3) is 6.36. The summed E-state index contributed by atoms with van der Waals surface area (Å²) in [7, 11) is 0. The topological polar surface area (TPSA) is 58.2 Å². The van der Waals surface area contributed by atoms with Crippen LogP contribution in [0.2, 0.25) is 0 Å². The summed E-state index contributed by atoms with van der Waals surface area (Å²) in [6, 6.07) is 25.6. The second kappa shape index (κ2) is 10.6. The fourth-order valence-electron chi connectivity index (χ4n) is 2.61. The van der Waals surface area contributed by atoms with E-state index in [1.165, 1.54) is 6.08 Å². The zero-order valence-electron chi connectivity index (χ0n) is 16.1. The van der Waals surface area contributed by atoms with Gasteiger partial charge in [-0.25, -0.2) is 0 Å². The van der Waals surface area contributed by atoms with Crippen molar-refractivity contribution in [2.24, 2.45) is 0 Å². The third-order valence-electron chi connectivity index (χ3n) is 4.14. The minimum absolute atomic E-state index is 0.0979. The Morgan fingerprint density at radius 1 is 0.733 bits per heavy atom. The minimum Gasteiger partial charge on any atom is -0.332 e. The lowest BCUT2D eigenvalue weighted by Crippen LogP contribution is -2.34. The van der Waals surface area contributed by atoms with E-state index in [-0.39, 0.29) is 16.8 Å². The number of ketones is 1. The van der Waals surface area contributed by atoms with Crippen LogP contribution in [0.4, 0.5) is 5.69 Å². The molecule has 0 bridgehead atoms. The molecule has 0 aromatic heterocycles. The van der Waals surface area contributed by atoms with Crippen molar-refractivity contribution in [3.8, 4) is 0 Å². The van der Waals surface area contributed by atoms with Crippen LogP contribution in [0.5, 0.6) is 0 Å². The molecule has 4 nitrogen and oxygen atoms in total. The standard InChI is InChI=1S/C25H20N2O2S/c28-23(14-8-7-11-19-9-3-1-4-10-19)20-15-17-22(18-16-20)26-25(30)27-24(29)21-12-5-2-6-13-21/h1-18H,(H2,26,27,29,30). The van der Waals surface area contributed by atoms with Crippen molar-refractivity contribution in [3.05, 3.63) is 120 Å². The van der Waals surface area contributed by atoms with Gasteiger partial charge in [0.25, 0.3) is 5.91 Å². The predicted octanol–water partition coefficient (Wildman–Crippen LogP) is 5.27. The molecule has 0 fully saturated rings. The smallest absolute Gasteiger partial charge is 0.257 e. The maximum atomic E-state index is 12.3. The van der Waals surface area contributed by atoms with E-state index >= 15 is 0 Å². The molecular formula is C25H20N2O2S. The lowest BCUT2D eigenvalue weighted by molar-refractivity contribution is 0.0977. The van der Waals surface area contributed by atoms with Crippen molar-refractivity contribution >= 4 is 40.8 Å². The molecule has 3 aromatic rings. The lowest BCUT2D eigenvalue weighted by Gasteiger charge is -2.10. The molecule has 30 heavy (non-hydrogen) atoms. The van der Waals surface area contributed by atoms with Gasteiger partial charge in [0.1, 0.15) is 0 Å². The van der Waals surface area contributed by atoms with Gasteiger partial charge in [-0.1, -0.05) is 66.8 Å². The number of carbonyl (C=O) groups is 2. The number of nitrogens with one attached hydrogen (secondary N) is 2. The van der Waals surface area contributed by atoms with Gasteiger partial charge >= 0.3 is 0 Å². The van der Waals surface area contributed by atoms with Crippen molar-refractivity contribution in [2.45, 2.75) is 0 Å². The first-order valence-electron chi connectivity index (χ1n) is 9.33. The Morgan fingerprint density at radius 3 is 2.03 bits per heavy atom. The van der Waals surface area contributed by atoms with Crippen molar-refractivity contribution < 1.29 is 9.59 Å². The number of thiocarbonyl (C=S) groups is 1. The van der Waals surface area contributed by atoms with Crippen molar-refractivity contribution in [1.82, 2.24) is 5.32 Å². The van der Waals surface area contributed by atoms with Crippen LogP contribution in [0.25, 0.3) is 6.08 Å². The third-order valence-corrected chi connectivity index (χ3v) is 4.34. The second-order valence-electron chi connectivity index (χ2n) is 6.34. The summed E-state index contributed by atoms with van der Waals surface area (Å²) in [5.74, 6) is -0.382. The first kappa shape index (κ1) is 20.9. The van der Waals surface area contributed by atoms with Gasteiger partial charge in [0, 0.05) is 16.8 Å². The normalized spacial score (nSPS) is 10.8. The average molecular weight is 413 g/mol. The molecule has 3 aromatic carbocycles. The van der Waals surface area contributed by atoms with Gasteiger partial charge in [-0.2, -0.15) is 0 Å². The molecule has 5 heteroatoms. The molecule has 0 unspecified atom stereocenters. The summed E-state index contributed by atoms with van der Waals surface area (Å²) in [5.41, 5.74) is 2.83. The molecule has 0 aliphatic carbocycles. The van der Waals surface area contributed by atoms with E-state index in [0.717, 1.165) is 5.56 Å². The van der Waals surface area contributed by atoms with Gasteiger partial charge in [-0.15, -0.1) is 0 Å². The Labute approximate surface area is 181 Å². The van der Waals surface area contributed by atoms with Crippen LogP contribution in [-0.2, 0) is 0 Å². The van der Waals surface area contributed by atoms with E-state index in [1.54, 1.807) is 54.6 Å². The van der Waals surface area contributed by atoms with Crippen LogP contribution in [0.15, 0.2) is 103 Å². The zero-order valence-corrected chi connectivity index (χ0v) is 16.9. The summed E-state index contributed by atoms with van der Waals surface area (Å²) in [5, 5.41) is 5.75. The van der Waals surface area contributed by atoms with Crippen LogP contribution < -0.4 is 10.6 Å². The number of benzene rings is 3. The van der Waals surface area contributed by atoms with E-state index in [9.17, 15) is 9.59 Å². The van der Waals surface area contributed by atoms with Crippen molar-refractivity contribution in [2.75, 3.05) is 5.32 Å². The quantitative estimate of drug-likeness (QED) is 0.251.